The zero-order chi connectivity index (χ0) is 13.4. The number of hydrogen-bond donors (Lipinski definition) is 1. The lowest BCUT2D eigenvalue weighted by Gasteiger charge is -2.46. The normalized spacial score (nSPS) is 27.3. The summed E-state index contributed by atoms with van der Waals surface area (Å²) in [5.74, 6) is 1.10. The van der Waals surface area contributed by atoms with Crippen LogP contribution < -0.4 is 10.2 Å². The molecule has 0 radical (unpaired) electrons. The van der Waals surface area contributed by atoms with Crippen LogP contribution in [0.4, 0.5) is 5.82 Å². The second kappa shape index (κ2) is 4.77. The first-order valence-electron chi connectivity index (χ1n) is 7.64. The highest BCUT2D eigenvalue weighted by atomic mass is 16.3. The van der Waals surface area contributed by atoms with Crippen LogP contribution in [0.25, 0.3) is 11.0 Å². The molecule has 1 spiro atoms. The number of nitrogens with one attached hydrogen (secondary N) is 1. The zero-order valence-corrected chi connectivity index (χ0v) is 11.8. The van der Waals surface area contributed by atoms with Gasteiger partial charge in [0.05, 0.1) is 11.6 Å². The van der Waals surface area contributed by atoms with Gasteiger partial charge in [0.1, 0.15) is 11.4 Å². The maximum absolute atomic E-state index is 5.51. The molecular weight excluding hydrogens is 250 g/mol. The van der Waals surface area contributed by atoms with Crippen LogP contribution in [0.1, 0.15) is 25.7 Å². The largest absolute Gasteiger partial charge is 0.464 e. The molecule has 4 heterocycles. The van der Waals surface area contributed by atoms with E-state index in [2.05, 4.69) is 15.2 Å². The summed E-state index contributed by atoms with van der Waals surface area (Å²) < 4.78 is 5.51. The lowest BCUT2D eigenvalue weighted by atomic mass is 9.74. The molecular formula is C16H21N3O. The molecule has 0 aromatic carbocycles. The standard InChI is InChI=1S/C16H21N3O/c1-5-16(11-17-7-1)6-2-9-19(12-16)15-13-4-10-20-14(13)3-8-18-15/h3-4,8,10,17H,1-2,5-7,9,11-12H2. The van der Waals surface area contributed by atoms with Crippen LogP contribution in [0.3, 0.4) is 0 Å². The number of anilines is 1. The summed E-state index contributed by atoms with van der Waals surface area (Å²) in [6.45, 7) is 4.57. The first-order valence-corrected chi connectivity index (χ1v) is 7.64. The Bertz CT molecular complexity index is 595. The summed E-state index contributed by atoms with van der Waals surface area (Å²) in [7, 11) is 0. The third-order valence-electron chi connectivity index (χ3n) is 4.88. The predicted octanol–water partition coefficient (Wildman–Crippen LogP) is 2.80. The molecule has 2 aromatic heterocycles. The third kappa shape index (κ3) is 1.99. The Balaban J connectivity index is 1.66. The number of furan rings is 1. The van der Waals surface area contributed by atoms with Gasteiger partial charge in [-0.3, -0.25) is 0 Å². The van der Waals surface area contributed by atoms with Crippen molar-refractivity contribution in [1.29, 1.82) is 0 Å². The second-order valence-corrected chi connectivity index (χ2v) is 6.27. The fourth-order valence-electron chi connectivity index (χ4n) is 3.90. The summed E-state index contributed by atoms with van der Waals surface area (Å²) >= 11 is 0. The van der Waals surface area contributed by atoms with Crippen molar-refractivity contribution in [2.45, 2.75) is 25.7 Å². The van der Waals surface area contributed by atoms with Gasteiger partial charge in [0.2, 0.25) is 0 Å². The Hall–Kier alpha value is -1.55. The molecule has 0 saturated carbocycles. The van der Waals surface area contributed by atoms with E-state index in [9.17, 15) is 0 Å². The smallest absolute Gasteiger partial charge is 0.139 e. The minimum absolute atomic E-state index is 0.448. The van der Waals surface area contributed by atoms with Crippen LogP contribution in [0.5, 0.6) is 0 Å². The molecule has 1 atom stereocenters. The average Bonchev–Trinajstić information content (AvgIpc) is 2.96. The number of piperidine rings is 2. The summed E-state index contributed by atoms with van der Waals surface area (Å²) in [6.07, 6.45) is 8.88. The van der Waals surface area contributed by atoms with E-state index < -0.39 is 0 Å². The van der Waals surface area contributed by atoms with E-state index in [0.717, 1.165) is 36.4 Å². The van der Waals surface area contributed by atoms with E-state index in [1.54, 1.807) is 6.26 Å². The van der Waals surface area contributed by atoms with E-state index in [1.807, 2.05) is 18.3 Å². The minimum Gasteiger partial charge on any atom is -0.464 e. The highest BCUT2D eigenvalue weighted by Crippen LogP contribution is 2.38. The number of aromatic nitrogens is 1. The Morgan fingerprint density at radius 2 is 2.20 bits per heavy atom. The Labute approximate surface area is 119 Å². The topological polar surface area (TPSA) is 41.3 Å². The van der Waals surface area contributed by atoms with Crippen molar-refractivity contribution in [2.24, 2.45) is 5.41 Å². The summed E-state index contributed by atoms with van der Waals surface area (Å²) in [6, 6.07) is 3.98. The average molecular weight is 271 g/mol. The Morgan fingerprint density at radius 1 is 1.25 bits per heavy atom. The SMILES string of the molecule is c1cc2occc2c(N2CCCC3(CCCNC3)C2)n1. The lowest BCUT2D eigenvalue weighted by Crippen LogP contribution is -2.51. The molecule has 106 valence electrons. The first-order chi connectivity index (χ1) is 9.86. The third-order valence-corrected chi connectivity index (χ3v) is 4.88. The maximum atomic E-state index is 5.51. The molecule has 0 amide bonds. The lowest BCUT2D eigenvalue weighted by molar-refractivity contribution is 0.173. The van der Waals surface area contributed by atoms with Crippen LogP contribution in [-0.4, -0.2) is 31.2 Å². The monoisotopic (exact) mass is 271 g/mol. The molecule has 1 N–H and O–H groups in total. The van der Waals surface area contributed by atoms with Gasteiger partial charge in [0, 0.05) is 31.2 Å². The van der Waals surface area contributed by atoms with Crippen molar-refractivity contribution < 1.29 is 4.42 Å². The molecule has 4 heteroatoms. The van der Waals surface area contributed by atoms with Crippen molar-refractivity contribution in [1.82, 2.24) is 10.3 Å². The molecule has 2 saturated heterocycles. The summed E-state index contributed by atoms with van der Waals surface area (Å²) in [5.41, 5.74) is 1.39. The first kappa shape index (κ1) is 12.2. The number of pyridine rings is 1. The molecule has 2 aliphatic rings. The van der Waals surface area contributed by atoms with E-state index >= 15 is 0 Å². The summed E-state index contributed by atoms with van der Waals surface area (Å²) in [4.78, 5) is 7.09. The maximum Gasteiger partial charge on any atom is 0.139 e. The molecule has 1 unspecified atom stereocenters. The van der Waals surface area contributed by atoms with E-state index in [1.165, 1.54) is 32.2 Å². The van der Waals surface area contributed by atoms with E-state index in [4.69, 9.17) is 4.42 Å². The molecule has 4 nitrogen and oxygen atoms in total. The number of nitrogens with zero attached hydrogens (tertiary/aromatic N) is 2. The van der Waals surface area contributed by atoms with Crippen LogP contribution in [0, 0.1) is 5.41 Å². The van der Waals surface area contributed by atoms with Gasteiger partial charge >= 0.3 is 0 Å². The number of hydrogen-bond acceptors (Lipinski definition) is 4. The van der Waals surface area contributed by atoms with Gasteiger partial charge < -0.3 is 14.6 Å². The quantitative estimate of drug-likeness (QED) is 0.866. The highest BCUT2D eigenvalue weighted by molar-refractivity contribution is 5.88. The Kier molecular flexibility index (Phi) is 2.91. The van der Waals surface area contributed by atoms with Crippen molar-refractivity contribution in [3.63, 3.8) is 0 Å². The van der Waals surface area contributed by atoms with Crippen molar-refractivity contribution in [3.8, 4) is 0 Å². The van der Waals surface area contributed by atoms with Crippen molar-refractivity contribution >= 4 is 16.8 Å². The molecule has 0 aliphatic carbocycles. The molecule has 2 fully saturated rings. The molecule has 2 aromatic rings. The van der Waals surface area contributed by atoms with Gasteiger partial charge in [-0.15, -0.1) is 0 Å². The van der Waals surface area contributed by atoms with Crippen LogP contribution in [0.15, 0.2) is 29.0 Å². The fourth-order valence-corrected chi connectivity index (χ4v) is 3.90. The number of fused-ring (bicyclic) bond motifs is 1. The highest BCUT2D eigenvalue weighted by Gasteiger charge is 2.37. The van der Waals surface area contributed by atoms with E-state index in [0.29, 0.717) is 5.41 Å². The van der Waals surface area contributed by atoms with Gasteiger partial charge in [0.25, 0.3) is 0 Å². The van der Waals surface area contributed by atoms with Crippen LogP contribution in [-0.2, 0) is 0 Å². The molecule has 0 bridgehead atoms. The van der Waals surface area contributed by atoms with Crippen molar-refractivity contribution in [3.05, 3.63) is 24.6 Å². The van der Waals surface area contributed by atoms with E-state index in [-0.39, 0.29) is 0 Å². The van der Waals surface area contributed by atoms with Gasteiger partial charge in [-0.25, -0.2) is 4.98 Å². The Morgan fingerprint density at radius 3 is 3.10 bits per heavy atom. The second-order valence-electron chi connectivity index (χ2n) is 6.27. The van der Waals surface area contributed by atoms with Gasteiger partial charge in [-0.2, -0.15) is 0 Å². The molecule has 2 aliphatic heterocycles. The predicted molar refractivity (Wildman–Crippen MR) is 80.0 cm³/mol. The summed E-state index contributed by atoms with van der Waals surface area (Å²) in [5, 5.41) is 4.73. The van der Waals surface area contributed by atoms with Gasteiger partial charge in [-0.05, 0) is 44.4 Å². The number of rotatable bonds is 1. The van der Waals surface area contributed by atoms with Crippen LogP contribution >= 0.6 is 0 Å². The molecule has 4 rings (SSSR count). The zero-order valence-electron chi connectivity index (χ0n) is 11.8. The van der Waals surface area contributed by atoms with Gasteiger partial charge in [-0.1, -0.05) is 0 Å². The molecule has 20 heavy (non-hydrogen) atoms. The fraction of sp³-hybridized carbons (Fsp3) is 0.562. The van der Waals surface area contributed by atoms with Crippen molar-refractivity contribution in [2.75, 3.05) is 31.1 Å². The minimum atomic E-state index is 0.448. The van der Waals surface area contributed by atoms with Crippen LogP contribution in [0.2, 0.25) is 0 Å². The van der Waals surface area contributed by atoms with Gasteiger partial charge in [0.15, 0.2) is 0 Å².